The van der Waals surface area contributed by atoms with Crippen molar-refractivity contribution in [3.05, 3.63) is 34.9 Å². The van der Waals surface area contributed by atoms with Crippen molar-refractivity contribution < 1.29 is 14.3 Å². The number of carbonyl (C=O) groups excluding carboxylic acids is 2. The van der Waals surface area contributed by atoms with Crippen molar-refractivity contribution in [1.82, 2.24) is 10.2 Å². The average Bonchev–Trinajstić information content (AvgIpc) is 2.48. The van der Waals surface area contributed by atoms with Gasteiger partial charge in [0.1, 0.15) is 0 Å². The number of nitrogens with one attached hydrogen (secondary N) is 1. The van der Waals surface area contributed by atoms with E-state index in [0.717, 1.165) is 12.0 Å². The smallest absolute Gasteiger partial charge is 0.317 e. The predicted octanol–water partition coefficient (Wildman–Crippen LogP) is 2.82. The van der Waals surface area contributed by atoms with E-state index >= 15 is 0 Å². The van der Waals surface area contributed by atoms with Crippen molar-refractivity contribution in [2.45, 2.75) is 25.8 Å². The van der Waals surface area contributed by atoms with E-state index in [1.54, 1.807) is 18.0 Å². The number of ether oxygens (including phenoxy) is 1. The van der Waals surface area contributed by atoms with Gasteiger partial charge in [0.15, 0.2) is 0 Å². The zero-order valence-corrected chi connectivity index (χ0v) is 13.2. The van der Waals surface area contributed by atoms with Crippen LogP contribution in [0.2, 0.25) is 5.02 Å². The fourth-order valence-electron chi connectivity index (χ4n) is 1.78. The van der Waals surface area contributed by atoms with Crippen LogP contribution in [0.25, 0.3) is 0 Å². The monoisotopic (exact) mass is 312 g/mol. The first-order valence-electron chi connectivity index (χ1n) is 6.83. The van der Waals surface area contributed by atoms with Crippen molar-refractivity contribution in [3.63, 3.8) is 0 Å². The lowest BCUT2D eigenvalue weighted by Gasteiger charge is -2.18. The van der Waals surface area contributed by atoms with E-state index in [1.807, 2.05) is 18.2 Å². The number of halogens is 1. The van der Waals surface area contributed by atoms with Gasteiger partial charge in [-0.3, -0.25) is 4.79 Å². The predicted molar refractivity (Wildman–Crippen MR) is 82.2 cm³/mol. The molecule has 0 heterocycles. The maximum absolute atomic E-state index is 11.9. The summed E-state index contributed by atoms with van der Waals surface area (Å²) < 4.78 is 4.55. The number of carbonyl (C=O) groups is 2. The minimum atomic E-state index is -0.225. The molecule has 1 aromatic carbocycles. The molecule has 2 amide bonds. The number of benzene rings is 1. The molecule has 1 aromatic rings. The number of hydrogen-bond donors (Lipinski definition) is 1. The molecule has 1 N–H and O–H groups in total. The van der Waals surface area contributed by atoms with Gasteiger partial charge < -0.3 is 15.0 Å². The quantitative estimate of drug-likeness (QED) is 0.622. The Hall–Kier alpha value is -1.75. The van der Waals surface area contributed by atoms with Gasteiger partial charge in [0.25, 0.3) is 0 Å². The number of rotatable bonds is 7. The molecule has 0 fully saturated rings. The van der Waals surface area contributed by atoms with Crippen LogP contribution in [0.1, 0.15) is 24.8 Å². The van der Waals surface area contributed by atoms with Crippen molar-refractivity contribution in [2.75, 3.05) is 20.7 Å². The highest BCUT2D eigenvalue weighted by atomic mass is 35.5. The first kappa shape index (κ1) is 17.3. The molecule has 0 aliphatic carbocycles. The summed E-state index contributed by atoms with van der Waals surface area (Å²) in [4.78, 5) is 24.4. The van der Waals surface area contributed by atoms with E-state index in [4.69, 9.17) is 11.6 Å². The van der Waals surface area contributed by atoms with Gasteiger partial charge in [-0.05, 0) is 24.5 Å². The van der Waals surface area contributed by atoms with Gasteiger partial charge in [0.2, 0.25) is 0 Å². The lowest BCUT2D eigenvalue weighted by molar-refractivity contribution is -0.140. The highest BCUT2D eigenvalue weighted by Crippen LogP contribution is 2.16. The Morgan fingerprint density at radius 3 is 2.67 bits per heavy atom. The summed E-state index contributed by atoms with van der Waals surface area (Å²) in [5.74, 6) is -0.225. The molecule has 0 spiro atoms. The maximum Gasteiger partial charge on any atom is 0.317 e. The van der Waals surface area contributed by atoms with E-state index in [0.29, 0.717) is 31.0 Å². The van der Waals surface area contributed by atoms with Gasteiger partial charge in [0, 0.05) is 31.6 Å². The van der Waals surface area contributed by atoms with E-state index in [9.17, 15) is 9.59 Å². The van der Waals surface area contributed by atoms with Gasteiger partial charge in [-0.25, -0.2) is 4.79 Å². The van der Waals surface area contributed by atoms with E-state index in [2.05, 4.69) is 10.1 Å². The van der Waals surface area contributed by atoms with Crippen molar-refractivity contribution in [3.8, 4) is 0 Å². The third-order valence-corrected chi connectivity index (χ3v) is 3.39. The molecule has 21 heavy (non-hydrogen) atoms. The van der Waals surface area contributed by atoms with Gasteiger partial charge in [-0.15, -0.1) is 0 Å². The van der Waals surface area contributed by atoms with Crippen molar-refractivity contribution in [1.29, 1.82) is 0 Å². The topological polar surface area (TPSA) is 58.6 Å². The van der Waals surface area contributed by atoms with Crippen LogP contribution in [0, 0.1) is 0 Å². The van der Waals surface area contributed by atoms with Gasteiger partial charge in [0.05, 0.1) is 7.11 Å². The Bertz CT molecular complexity index is 480. The van der Waals surface area contributed by atoms with E-state index in [1.165, 1.54) is 7.11 Å². The lowest BCUT2D eigenvalue weighted by Crippen LogP contribution is -2.37. The third-order valence-electron chi connectivity index (χ3n) is 3.02. The van der Waals surface area contributed by atoms with Crippen molar-refractivity contribution in [2.24, 2.45) is 0 Å². The molecule has 6 heteroatoms. The largest absolute Gasteiger partial charge is 0.469 e. The van der Waals surface area contributed by atoms with E-state index < -0.39 is 0 Å². The minimum Gasteiger partial charge on any atom is -0.469 e. The fraction of sp³-hybridized carbons (Fsp3) is 0.467. The second-order valence-electron chi connectivity index (χ2n) is 4.71. The molecule has 5 nitrogen and oxygen atoms in total. The summed E-state index contributed by atoms with van der Waals surface area (Å²) in [5, 5.41) is 3.45. The molecule has 0 saturated heterocycles. The zero-order valence-electron chi connectivity index (χ0n) is 12.4. The Labute approximate surface area is 130 Å². The fourth-order valence-corrected chi connectivity index (χ4v) is 1.98. The van der Waals surface area contributed by atoms with Crippen LogP contribution in [0.3, 0.4) is 0 Å². The van der Waals surface area contributed by atoms with Crippen LogP contribution in [-0.2, 0) is 16.1 Å². The summed E-state index contributed by atoms with van der Waals surface area (Å²) in [6.07, 6.45) is 1.81. The minimum absolute atomic E-state index is 0.159. The van der Waals surface area contributed by atoms with Crippen molar-refractivity contribution >= 4 is 23.6 Å². The highest BCUT2D eigenvalue weighted by molar-refractivity contribution is 6.31. The van der Waals surface area contributed by atoms with Crippen LogP contribution in [-0.4, -0.2) is 37.6 Å². The number of methoxy groups -OCH3 is 1. The molecule has 0 aliphatic heterocycles. The Morgan fingerprint density at radius 2 is 2.00 bits per heavy atom. The highest BCUT2D eigenvalue weighted by Gasteiger charge is 2.10. The SMILES string of the molecule is COC(=O)CCCCNC(=O)N(C)Cc1ccccc1Cl. The first-order chi connectivity index (χ1) is 10.0. The summed E-state index contributed by atoms with van der Waals surface area (Å²) in [6, 6.07) is 7.28. The Balaban J connectivity index is 2.26. The van der Waals surface area contributed by atoms with Gasteiger partial charge in [-0.2, -0.15) is 0 Å². The molecule has 0 aromatic heterocycles. The standard InChI is InChI=1S/C15H21ClN2O3/c1-18(11-12-7-3-4-8-13(12)16)15(20)17-10-6-5-9-14(19)21-2/h3-4,7-8H,5-6,9-11H2,1-2H3,(H,17,20). The number of unbranched alkanes of at least 4 members (excludes halogenated alkanes) is 1. The summed E-state index contributed by atoms with van der Waals surface area (Å²) >= 11 is 6.06. The van der Waals surface area contributed by atoms with E-state index in [-0.39, 0.29) is 12.0 Å². The number of nitrogens with zero attached hydrogens (tertiary/aromatic N) is 1. The van der Waals surface area contributed by atoms with Gasteiger partial charge >= 0.3 is 12.0 Å². The Morgan fingerprint density at radius 1 is 1.29 bits per heavy atom. The molecular weight excluding hydrogens is 292 g/mol. The molecule has 0 radical (unpaired) electrons. The van der Waals surface area contributed by atoms with Crippen LogP contribution >= 0.6 is 11.6 Å². The normalized spacial score (nSPS) is 10.0. The van der Waals surface area contributed by atoms with Crippen LogP contribution in [0.5, 0.6) is 0 Å². The molecule has 1 rings (SSSR count). The van der Waals surface area contributed by atoms with Crippen LogP contribution in [0.15, 0.2) is 24.3 Å². The number of hydrogen-bond acceptors (Lipinski definition) is 3. The van der Waals surface area contributed by atoms with Crippen LogP contribution in [0.4, 0.5) is 4.79 Å². The summed E-state index contributed by atoms with van der Waals surface area (Å²) in [6.45, 7) is 0.982. The number of amides is 2. The third kappa shape index (κ3) is 6.49. The molecule has 0 aliphatic rings. The maximum atomic E-state index is 11.9. The molecule has 0 bridgehead atoms. The Kier molecular flexibility index (Phi) is 7.61. The zero-order chi connectivity index (χ0) is 15.7. The summed E-state index contributed by atoms with van der Waals surface area (Å²) in [7, 11) is 3.08. The molecule has 0 saturated carbocycles. The molecule has 116 valence electrons. The molecule has 0 unspecified atom stereocenters. The average molecular weight is 313 g/mol. The van der Waals surface area contributed by atoms with Gasteiger partial charge in [-0.1, -0.05) is 29.8 Å². The lowest BCUT2D eigenvalue weighted by atomic mass is 10.2. The number of esters is 1. The first-order valence-corrected chi connectivity index (χ1v) is 7.21. The molecular formula is C15H21ClN2O3. The van der Waals surface area contributed by atoms with Crippen LogP contribution < -0.4 is 5.32 Å². The molecule has 0 atom stereocenters. The second-order valence-corrected chi connectivity index (χ2v) is 5.12. The summed E-state index contributed by atoms with van der Waals surface area (Å²) in [5.41, 5.74) is 0.905. The second kappa shape index (κ2) is 9.23. The number of urea groups is 1.